The van der Waals surface area contributed by atoms with Crippen molar-refractivity contribution in [3.05, 3.63) is 149 Å². The number of ether oxygens (including phenoxy) is 2. The van der Waals surface area contributed by atoms with Gasteiger partial charge >= 0.3 is 19.3 Å². The lowest BCUT2D eigenvalue weighted by Crippen LogP contribution is -2.48. The van der Waals surface area contributed by atoms with Gasteiger partial charge in [0.25, 0.3) is 11.8 Å². The lowest BCUT2D eigenvalue weighted by atomic mass is 9.85. The number of pyridine rings is 2. The number of nitrogens with one attached hydrogen (secondary N) is 2. The highest BCUT2D eigenvalue weighted by molar-refractivity contribution is 9.10. The van der Waals surface area contributed by atoms with Gasteiger partial charge in [-0.3, -0.25) is 27.8 Å². The Labute approximate surface area is 765 Å². The number of aromatic nitrogens is 12. The van der Waals surface area contributed by atoms with Gasteiger partial charge in [-0.05, 0) is 101 Å². The maximum Gasteiger partial charge on any atom is 0.516 e. The topological polar surface area (TPSA) is 284 Å². The number of rotatable bonds is 10. The number of hydrogen-bond donors (Lipinski definition) is 2. The number of likely N-dealkylation sites (tertiary alicyclic amines) is 2. The van der Waals surface area contributed by atoms with Crippen molar-refractivity contribution in [1.82, 2.24) is 68.4 Å². The van der Waals surface area contributed by atoms with Gasteiger partial charge in [0, 0.05) is 354 Å². The third-order valence-corrected chi connectivity index (χ3v) is 15.9. The van der Waals surface area contributed by atoms with Crippen molar-refractivity contribution >= 4 is 75.3 Å². The summed E-state index contributed by atoms with van der Waals surface area (Å²) in [6, 6.07) is 22.4. The zero-order valence-corrected chi connectivity index (χ0v) is 71.4. The molecular formula is C59H64BBrF56N16O10. The first kappa shape index (κ1) is 175. The van der Waals surface area contributed by atoms with Gasteiger partial charge < -0.3 is 48.3 Å². The van der Waals surface area contributed by atoms with E-state index >= 15 is 0 Å². The quantitative estimate of drug-likeness (QED) is 0.0950. The van der Waals surface area contributed by atoms with E-state index in [1.54, 1.807) is 40.4 Å². The van der Waals surface area contributed by atoms with Crippen molar-refractivity contribution < 1.29 is 303 Å². The molecule has 0 saturated carbocycles. The fraction of sp³-hybridized carbons (Fsp3) is 0.322. The summed E-state index contributed by atoms with van der Waals surface area (Å²) in [7, 11) is 6.10. The first-order chi connectivity index (χ1) is 69.1. The smallest absolute Gasteiger partial charge is 0.453 e. The number of methoxy groups -OCH3 is 2. The number of amides is 4. The molecule has 13 rings (SSSR count). The number of anilines is 2. The van der Waals surface area contributed by atoms with Crippen LogP contribution in [0.3, 0.4) is 0 Å². The minimum atomic E-state index is -0.375. The molecular weight excluding hydrogens is 2250 g/mol. The Balaban J connectivity index is -0.0000000780. The summed E-state index contributed by atoms with van der Waals surface area (Å²) in [5.74, 6) is 1.11. The molecule has 0 spiro atoms. The number of imidazole rings is 2. The van der Waals surface area contributed by atoms with E-state index in [0.29, 0.717) is 94.8 Å². The molecule has 143 heavy (non-hydrogen) atoms. The molecule has 0 unspecified atom stereocenters. The molecule has 0 aliphatic carbocycles. The Bertz CT molecular complexity index is 4310. The maximum atomic E-state index is 13.2. The normalized spacial score (nSPS) is 10.4. The molecule has 0 atom stereocenters. The summed E-state index contributed by atoms with van der Waals surface area (Å²) in [6.45, 7) is 13.8. The molecule has 842 valence electrons. The van der Waals surface area contributed by atoms with Crippen molar-refractivity contribution in [2.45, 2.75) is 72.0 Å². The second-order valence-corrected chi connectivity index (χ2v) is 22.8. The Morgan fingerprint density at radius 2 is 0.671 bits per heavy atom. The predicted molar refractivity (Wildman–Crippen MR) is 386 cm³/mol. The van der Waals surface area contributed by atoms with Gasteiger partial charge in [-0.15, -0.1) is 0 Å². The number of nitrogens with zero attached hydrogens (tertiary/aromatic N) is 14. The predicted octanol–water partition coefficient (Wildman–Crippen LogP) is 32.3. The van der Waals surface area contributed by atoms with Gasteiger partial charge in [-0.1, -0.05) is 57.9 Å². The molecule has 2 N–H and O–H groups in total. The van der Waals surface area contributed by atoms with Crippen LogP contribution in [0.25, 0.3) is 45.3 Å². The van der Waals surface area contributed by atoms with E-state index in [2.05, 4.69) is 67.0 Å². The van der Waals surface area contributed by atoms with E-state index in [1.165, 1.54) is 20.4 Å². The Morgan fingerprint density at radius 3 is 0.951 bits per heavy atom. The fourth-order valence-electron chi connectivity index (χ4n) is 9.55. The van der Waals surface area contributed by atoms with Crippen LogP contribution in [0.1, 0.15) is 90.8 Å². The number of benzene rings is 2. The van der Waals surface area contributed by atoms with Crippen LogP contribution < -0.4 is 16.2 Å². The first-order valence-corrected chi connectivity index (χ1v) is 32.1. The van der Waals surface area contributed by atoms with Crippen LogP contribution >= 0.6 is 15.9 Å². The van der Waals surface area contributed by atoms with E-state index in [9.17, 15) is 19.2 Å². The SMILES string of the molecule is C.COC(=O)N1CC(c2nc(-c3ccc(C)c(NC(=O)c4cnc5cc(-c6ccn(C)n6)ccn45)c3)no2)C1.COC(=O)N1CC(c2nc(-c3ccc(C)c(NC(=O)c4cnc5cc(Br)ccn45)c3)no2)C1.Cn1ccc(B2OC(C)(C)C(C)(C)O2)n1.FF.FF.FF.FF.FF.FF.FF.FF.FF.FF.FF.FF.FF.FF.FF.FF.FF.FF.FF.FF.FF.FF.FF.FF.FF.FF.FF.FF. The van der Waals surface area contributed by atoms with Crippen LogP contribution in [0, 0.1) is 13.8 Å². The molecule has 3 aliphatic heterocycles. The van der Waals surface area contributed by atoms with E-state index in [-0.39, 0.29) is 61.6 Å². The van der Waals surface area contributed by atoms with Crippen molar-refractivity contribution in [3.63, 3.8) is 0 Å². The van der Waals surface area contributed by atoms with Crippen molar-refractivity contribution in [2.75, 3.05) is 51.0 Å². The highest BCUT2D eigenvalue weighted by Crippen LogP contribution is 2.37. The van der Waals surface area contributed by atoms with Gasteiger partial charge in [0.15, 0.2) is 0 Å². The molecule has 3 fully saturated rings. The molecule has 10 aromatic rings. The molecule has 0 radical (unpaired) electrons. The lowest BCUT2D eigenvalue weighted by molar-refractivity contribution is 0.00578. The minimum Gasteiger partial charge on any atom is -0.453 e. The van der Waals surface area contributed by atoms with Gasteiger partial charge in [0.1, 0.15) is 22.7 Å². The number of halogens is 57. The average Bonchev–Trinajstić information content (AvgIpc) is 1.62. The zero-order chi connectivity index (χ0) is 117. The molecule has 8 aromatic heterocycles. The van der Waals surface area contributed by atoms with Crippen LogP contribution in [0.15, 0.2) is 123 Å². The van der Waals surface area contributed by atoms with Crippen molar-refractivity contribution in [3.8, 4) is 34.0 Å². The van der Waals surface area contributed by atoms with E-state index in [1.807, 2.05) is 147 Å². The molecule has 11 heterocycles. The van der Waals surface area contributed by atoms with Gasteiger partial charge in [-0.25, -0.2) is 19.6 Å². The number of carbonyl (C=O) groups excluding carboxylic acids is 4. The van der Waals surface area contributed by atoms with Gasteiger partial charge in [0.2, 0.25) is 23.4 Å². The van der Waals surface area contributed by atoms with Crippen LogP contribution in [-0.4, -0.2) is 151 Å². The minimum absolute atomic E-state index is 0. The summed E-state index contributed by atoms with van der Waals surface area (Å²) < 4.78 is 488. The van der Waals surface area contributed by atoms with E-state index < -0.39 is 0 Å². The Morgan fingerprint density at radius 1 is 0.385 bits per heavy atom. The summed E-state index contributed by atoms with van der Waals surface area (Å²) in [5, 5.41) is 22.8. The molecule has 0 bridgehead atoms. The van der Waals surface area contributed by atoms with Crippen molar-refractivity contribution in [2.24, 2.45) is 14.1 Å². The van der Waals surface area contributed by atoms with E-state index in [4.69, 9.17) is 284 Å². The third-order valence-electron chi connectivity index (χ3n) is 15.4. The molecule has 3 saturated heterocycles. The van der Waals surface area contributed by atoms with Crippen LogP contribution in [-0.2, 0) is 32.9 Å². The summed E-state index contributed by atoms with van der Waals surface area (Å²) in [6.07, 6.45) is 9.71. The average molecular weight is 2310 g/mol. The second-order valence-electron chi connectivity index (χ2n) is 21.9. The van der Waals surface area contributed by atoms with Crippen LogP contribution in [0.4, 0.5) is 277 Å². The Hall–Kier alpha value is -13.5. The summed E-state index contributed by atoms with van der Waals surface area (Å²) in [4.78, 5) is 70.1. The summed E-state index contributed by atoms with van der Waals surface area (Å²) in [5.41, 5.74) is 8.55. The number of aryl methyl sites for hydroxylation is 4. The highest BCUT2D eigenvalue weighted by atomic mass is 79.9. The lowest BCUT2D eigenvalue weighted by Gasteiger charge is -2.35. The highest BCUT2D eigenvalue weighted by Gasteiger charge is 2.52. The number of hydrogen-bond acceptors (Lipinski definition) is 18. The first-order valence-electron chi connectivity index (χ1n) is 31.3. The third kappa shape index (κ3) is 63.9. The number of carbonyl (C=O) groups is 4. The monoisotopic (exact) mass is 2310 g/mol. The van der Waals surface area contributed by atoms with Crippen LogP contribution in [0.5, 0.6) is 0 Å². The van der Waals surface area contributed by atoms with Crippen molar-refractivity contribution in [1.29, 1.82) is 0 Å². The number of fused-ring (bicyclic) bond motifs is 2. The summed E-state index contributed by atoms with van der Waals surface area (Å²) >= 11 is 3.41. The fourth-order valence-corrected chi connectivity index (χ4v) is 9.87. The second kappa shape index (κ2) is 125. The van der Waals surface area contributed by atoms with Crippen LogP contribution in [0.2, 0.25) is 0 Å². The van der Waals surface area contributed by atoms with Gasteiger partial charge in [-0.2, -0.15) is 20.2 Å². The van der Waals surface area contributed by atoms with E-state index in [0.717, 1.165) is 32.5 Å². The standard InChI is InChI=1S/C26H24N8O4.C22H19BrN6O4.C10H17BN2O2.CH4.28F2/c1-15-4-5-17(23-29-25(38-31-23)18-13-33(14-18)26(36)37-3)10-20(15)28-24(35)21-12-27-22-11-16(6-9-34(21)22)19-7-8-32(2)30-19;1-12-3-4-13(19-26-21(33-27-19)14-10-28(11-14)22(31)32-2)7-16(12)25-20(30)17-9-24-18-8-15(23)5-6-29(17)18;1-9(2)10(3,4)15-11(14-9)8-6-7-13(5)12-8;;28*1-2/h4-12,18H,13-14H2,1-3H3,(H,28,35);3-9,14H,10-11H2,1-2H3,(H,25,30);6-7H,1-5H3;1H4;;;;;;;;;;;;;;;;;;;;;;;;;;;;. The molecule has 26 nitrogen and oxygen atoms in total. The molecule has 3 aliphatic rings. The Kier molecular flexibility index (Phi) is 153. The molecule has 84 heteroatoms. The maximum absolute atomic E-state index is 13.2. The zero-order valence-electron chi connectivity index (χ0n) is 69.8. The molecule has 2 aromatic carbocycles. The molecule has 4 amide bonds. The largest absolute Gasteiger partial charge is 0.516 e. The van der Waals surface area contributed by atoms with Gasteiger partial charge in [0.05, 0.1) is 60.9 Å².